The van der Waals surface area contributed by atoms with Gasteiger partial charge in [0.05, 0.1) is 11.7 Å². The predicted octanol–water partition coefficient (Wildman–Crippen LogP) is 0.0309. The summed E-state index contributed by atoms with van der Waals surface area (Å²) in [4.78, 5) is 24.1. The molecule has 7 nitrogen and oxygen atoms in total. The summed E-state index contributed by atoms with van der Waals surface area (Å²) in [6, 6.07) is -1.46. The SMILES string of the molecule is CCOC(C)(C)CNC(=O)N1C[C@@H](O)C[C@H]1C(=O)O. The second kappa shape index (κ2) is 6.21. The number of aliphatic carboxylic acids is 1. The van der Waals surface area contributed by atoms with Crippen LogP contribution in [-0.4, -0.2) is 64.6 Å². The Kier molecular flexibility index (Phi) is 5.13. The van der Waals surface area contributed by atoms with Gasteiger partial charge in [-0.05, 0) is 20.8 Å². The highest BCUT2D eigenvalue weighted by molar-refractivity contribution is 5.83. The number of urea groups is 1. The number of ether oxygens (including phenoxy) is 1. The maximum absolute atomic E-state index is 11.9. The zero-order chi connectivity index (χ0) is 14.6. The van der Waals surface area contributed by atoms with Gasteiger partial charge in [-0.2, -0.15) is 0 Å². The topological polar surface area (TPSA) is 99.1 Å². The minimum Gasteiger partial charge on any atom is -0.480 e. The molecule has 3 N–H and O–H groups in total. The zero-order valence-electron chi connectivity index (χ0n) is 11.5. The third-order valence-corrected chi connectivity index (χ3v) is 3.03. The van der Waals surface area contributed by atoms with E-state index in [4.69, 9.17) is 9.84 Å². The molecule has 110 valence electrons. The van der Waals surface area contributed by atoms with Gasteiger partial charge >= 0.3 is 12.0 Å². The number of carbonyl (C=O) groups excluding carboxylic acids is 1. The number of likely N-dealkylation sites (tertiary alicyclic amines) is 1. The highest BCUT2D eigenvalue weighted by atomic mass is 16.5. The molecule has 0 unspecified atom stereocenters. The Labute approximate surface area is 112 Å². The van der Waals surface area contributed by atoms with Gasteiger partial charge in [0, 0.05) is 26.1 Å². The minimum atomic E-state index is -1.10. The third kappa shape index (κ3) is 4.36. The van der Waals surface area contributed by atoms with E-state index in [9.17, 15) is 14.7 Å². The van der Waals surface area contributed by atoms with Gasteiger partial charge < -0.3 is 25.2 Å². The van der Waals surface area contributed by atoms with Gasteiger partial charge in [-0.3, -0.25) is 0 Å². The molecular formula is C12H22N2O5. The van der Waals surface area contributed by atoms with E-state index in [0.29, 0.717) is 6.61 Å². The highest BCUT2D eigenvalue weighted by Crippen LogP contribution is 2.18. The van der Waals surface area contributed by atoms with Gasteiger partial charge in [-0.15, -0.1) is 0 Å². The molecule has 0 saturated carbocycles. The summed E-state index contributed by atoms with van der Waals surface area (Å²) in [5, 5.41) is 21.1. The van der Waals surface area contributed by atoms with Crippen molar-refractivity contribution in [1.82, 2.24) is 10.2 Å². The number of carboxylic acid groups (broad SMARTS) is 1. The molecule has 0 aliphatic carbocycles. The maximum atomic E-state index is 11.9. The van der Waals surface area contributed by atoms with Crippen molar-refractivity contribution < 1.29 is 24.5 Å². The van der Waals surface area contributed by atoms with Crippen LogP contribution in [0.25, 0.3) is 0 Å². The number of carbonyl (C=O) groups is 2. The summed E-state index contributed by atoms with van der Waals surface area (Å²) in [5.41, 5.74) is -0.512. The van der Waals surface area contributed by atoms with Crippen molar-refractivity contribution in [2.45, 2.75) is 44.9 Å². The number of nitrogens with one attached hydrogen (secondary N) is 1. The van der Waals surface area contributed by atoms with E-state index in [1.165, 1.54) is 0 Å². The van der Waals surface area contributed by atoms with Crippen LogP contribution >= 0.6 is 0 Å². The van der Waals surface area contributed by atoms with Crippen LogP contribution in [0, 0.1) is 0 Å². The first-order valence-corrected chi connectivity index (χ1v) is 6.36. The number of hydrogen-bond donors (Lipinski definition) is 3. The fourth-order valence-electron chi connectivity index (χ4n) is 2.10. The smallest absolute Gasteiger partial charge is 0.326 e. The Hall–Kier alpha value is -1.34. The van der Waals surface area contributed by atoms with E-state index in [0.717, 1.165) is 4.90 Å². The lowest BCUT2D eigenvalue weighted by molar-refractivity contribution is -0.141. The Morgan fingerprint density at radius 3 is 2.63 bits per heavy atom. The molecule has 2 amide bonds. The van der Waals surface area contributed by atoms with Gasteiger partial charge in [-0.25, -0.2) is 9.59 Å². The molecule has 0 aromatic carbocycles. The van der Waals surface area contributed by atoms with Gasteiger partial charge in [0.25, 0.3) is 0 Å². The van der Waals surface area contributed by atoms with Crippen molar-refractivity contribution in [3.63, 3.8) is 0 Å². The largest absolute Gasteiger partial charge is 0.480 e. The number of carboxylic acids is 1. The fourth-order valence-corrected chi connectivity index (χ4v) is 2.10. The van der Waals surface area contributed by atoms with Crippen LogP contribution in [0.4, 0.5) is 4.79 Å². The van der Waals surface area contributed by atoms with Gasteiger partial charge in [0.2, 0.25) is 0 Å². The number of aliphatic hydroxyl groups excluding tert-OH is 1. The molecule has 0 aromatic rings. The summed E-state index contributed by atoms with van der Waals surface area (Å²) < 4.78 is 5.44. The summed E-state index contributed by atoms with van der Waals surface area (Å²) in [6.45, 7) is 6.38. The van der Waals surface area contributed by atoms with Crippen LogP contribution < -0.4 is 5.32 Å². The van der Waals surface area contributed by atoms with Crippen molar-refractivity contribution in [3.8, 4) is 0 Å². The van der Waals surface area contributed by atoms with Crippen LogP contribution in [-0.2, 0) is 9.53 Å². The van der Waals surface area contributed by atoms with Crippen molar-refractivity contribution in [2.24, 2.45) is 0 Å². The number of β-amino-alcohol motifs (C(OH)–C–C–N with tert-alkyl or cyclic N) is 1. The molecule has 0 bridgehead atoms. The second-order valence-corrected chi connectivity index (χ2v) is 5.25. The molecule has 1 rings (SSSR count). The first kappa shape index (κ1) is 15.7. The molecule has 1 aliphatic rings. The van der Waals surface area contributed by atoms with Crippen LogP contribution in [0.15, 0.2) is 0 Å². The molecule has 0 spiro atoms. The van der Waals surface area contributed by atoms with E-state index >= 15 is 0 Å². The zero-order valence-corrected chi connectivity index (χ0v) is 11.5. The van der Waals surface area contributed by atoms with Crippen molar-refractivity contribution in [1.29, 1.82) is 0 Å². The number of hydrogen-bond acceptors (Lipinski definition) is 4. The molecule has 1 saturated heterocycles. The minimum absolute atomic E-state index is 0.0395. The number of rotatable bonds is 5. The van der Waals surface area contributed by atoms with E-state index in [-0.39, 0.29) is 19.5 Å². The summed E-state index contributed by atoms with van der Waals surface area (Å²) >= 11 is 0. The predicted molar refractivity (Wildman–Crippen MR) is 67.9 cm³/mol. The van der Waals surface area contributed by atoms with E-state index in [1.807, 2.05) is 20.8 Å². The molecule has 0 aromatic heterocycles. The summed E-state index contributed by atoms with van der Waals surface area (Å²) in [7, 11) is 0. The van der Waals surface area contributed by atoms with Crippen LogP contribution in [0.1, 0.15) is 27.2 Å². The Balaban J connectivity index is 2.55. The molecule has 0 radical (unpaired) electrons. The highest BCUT2D eigenvalue weighted by Gasteiger charge is 2.39. The molecule has 19 heavy (non-hydrogen) atoms. The lowest BCUT2D eigenvalue weighted by atomic mass is 10.1. The second-order valence-electron chi connectivity index (χ2n) is 5.25. The first-order valence-electron chi connectivity index (χ1n) is 6.36. The molecule has 1 aliphatic heterocycles. The van der Waals surface area contributed by atoms with Crippen LogP contribution in [0.3, 0.4) is 0 Å². The number of nitrogens with zero attached hydrogens (tertiary/aromatic N) is 1. The summed E-state index contributed by atoms with van der Waals surface area (Å²) in [6.07, 6.45) is -0.718. The average Bonchev–Trinajstić information content (AvgIpc) is 2.68. The number of amides is 2. The number of aliphatic hydroxyl groups is 1. The lowest BCUT2D eigenvalue weighted by Crippen LogP contribution is -2.50. The van der Waals surface area contributed by atoms with Crippen molar-refractivity contribution >= 4 is 12.0 Å². The monoisotopic (exact) mass is 274 g/mol. The van der Waals surface area contributed by atoms with Crippen molar-refractivity contribution in [3.05, 3.63) is 0 Å². The van der Waals surface area contributed by atoms with Crippen molar-refractivity contribution in [2.75, 3.05) is 19.7 Å². The average molecular weight is 274 g/mol. The Morgan fingerprint density at radius 1 is 1.47 bits per heavy atom. The van der Waals surface area contributed by atoms with E-state index < -0.39 is 29.7 Å². The molecule has 2 atom stereocenters. The van der Waals surface area contributed by atoms with E-state index in [1.54, 1.807) is 0 Å². The quantitative estimate of drug-likeness (QED) is 0.657. The standard InChI is InChI=1S/C12H22N2O5/c1-4-19-12(2,3)7-13-11(18)14-6-8(15)5-9(14)10(16)17/h8-9,15H,4-7H2,1-3H3,(H,13,18)(H,16,17)/t8-,9-/m0/s1. The molecule has 7 heteroatoms. The van der Waals surface area contributed by atoms with Gasteiger partial charge in [-0.1, -0.05) is 0 Å². The van der Waals surface area contributed by atoms with E-state index in [2.05, 4.69) is 5.32 Å². The Morgan fingerprint density at radius 2 is 2.11 bits per heavy atom. The van der Waals surface area contributed by atoms with Gasteiger partial charge in [0.15, 0.2) is 0 Å². The summed E-state index contributed by atoms with van der Waals surface area (Å²) in [5.74, 6) is -1.10. The lowest BCUT2D eigenvalue weighted by Gasteiger charge is -2.27. The van der Waals surface area contributed by atoms with Crippen LogP contribution in [0.5, 0.6) is 0 Å². The fraction of sp³-hybridized carbons (Fsp3) is 0.833. The molecule has 1 heterocycles. The normalized spacial score (nSPS) is 23.5. The molecule has 1 fully saturated rings. The maximum Gasteiger partial charge on any atom is 0.326 e. The Bertz CT molecular complexity index is 345. The van der Waals surface area contributed by atoms with Crippen LogP contribution in [0.2, 0.25) is 0 Å². The van der Waals surface area contributed by atoms with Gasteiger partial charge in [0.1, 0.15) is 6.04 Å². The third-order valence-electron chi connectivity index (χ3n) is 3.03. The molecular weight excluding hydrogens is 252 g/mol. The first-order chi connectivity index (χ1) is 8.76.